The molecule has 5 heteroatoms. The van der Waals surface area contributed by atoms with Gasteiger partial charge in [-0.2, -0.15) is 0 Å². The Labute approximate surface area is 86.3 Å². The lowest BCUT2D eigenvalue weighted by atomic mass is 10.5. The molecule has 0 aromatic carbocycles. The number of ether oxygens (including phenoxy) is 1. The van der Waals surface area contributed by atoms with Gasteiger partial charge >= 0.3 is 0 Å². The second kappa shape index (κ2) is 8.77. The first-order chi connectivity index (χ1) is 6.79. The molecule has 0 aromatic rings. The van der Waals surface area contributed by atoms with E-state index in [2.05, 4.69) is 22.2 Å². The molecule has 0 spiro atoms. The van der Waals surface area contributed by atoms with E-state index in [-0.39, 0.29) is 0 Å². The molecule has 0 saturated carbocycles. The van der Waals surface area contributed by atoms with E-state index in [9.17, 15) is 0 Å². The summed E-state index contributed by atoms with van der Waals surface area (Å²) >= 11 is 0. The number of nitrogens with one attached hydrogen (secondary N) is 1. The van der Waals surface area contributed by atoms with E-state index in [0.29, 0.717) is 6.61 Å². The van der Waals surface area contributed by atoms with Crippen LogP contribution in [0.15, 0.2) is 4.99 Å². The second-order valence-electron chi connectivity index (χ2n) is 2.72. The smallest absolute Gasteiger partial charge is 0.208 e. The normalized spacial score (nSPS) is 11.6. The lowest BCUT2D eigenvalue weighted by Crippen LogP contribution is -2.46. The molecule has 0 aromatic heterocycles. The molecule has 0 fully saturated rings. The summed E-state index contributed by atoms with van der Waals surface area (Å²) in [5.41, 5.74) is 2.60. The summed E-state index contributed by atoms with van der Waals surface area (Å²) in [6.07, 6.45) is 0. The molecule has 0 aliphatic rings. The minimum Gasteiger partial charge on any atom is -0.380 e. The van der Waals surface area contributed by atoms with Crippen LogP contribution in [0.25, 0.3) is 0 Å². The average molecular weight is 202 g/mol. The monoisotopic (exact) mass is 202 g/mol. The third-order valence-electron chi connectivity index (χ3n) is 1.83. The standard InChI is InChI=1S/C9H22N4O/c1-4-11-9(12-10)13(5-2)7-8-14-6-3/h4-8,10H2,1-3H3,(H,11,12). The van der Waals surface area contributed by atoms with Gasteiger partial charge in [-0.25, -0.2) is 5.84 Å². The van der Waals surface area contributed by atoms with Crippen molar-refractivity contribution in [1.29, 1.82) is 0 Å². The Morgan fingerprint density at radius 3 is 2.57 bits per heavy atom. The van der Waals surface area contributed by atoms with Crippen LogP contribution < -0.4 is 11.3 Å². The molecule has 0 unspecified atom stereocenters. The molecule has 14 heavy (non-hydrogen) atoms. The van der Waals surface area contributed by atoms with Gasteiger partial charge in [0.25, 0.3) is 0 Å². The maximum atomic E-state index is 5.38. The molecule has 0 aliphatic carbocycles. The minimum absolute atomic E-state index is 0.703. The van der Waals surface area contributed by atoms with Gasteiger partial charge in [0.15, 0.2) is 0 Å². The Kier molecular flexibility index (Phi) is 8.27. The van der Waals surface area contributed by atoms with Gasteiger partial charge < -0.3 is 9.64 Å². The van der Waals surface area contributed by atoms with E-state index in [0.717, 1.165) is 32.2 Å². The lowest BCUT2D eigenvalue weighted by Gasteiger charge is -2.23. The van der Waals surface area contributed by atoms with Crippen molar-refractivity contribution in [2.45, 2.75) is 20.8 Å². The highest BCUT2D eigenvalue weighted by molar-refractivity contribution is 5.79. The van der Waals surface area contributed by atoms with Gasteiger partial charge in [-0.1, -0.05) is 0 Å². The van der Waals surface area contributed by atoms with Crippen molar-refractivity contribution in [1.82, 2.24) is 10.3 Å². The van der Waals surface area contributed by atoms with Gasteiger partial charge in [-0.3, -0.25) is 10.4 Å². The van der Waals surface area contributed by atoms with Crippen LogP contribution in [0.4, 0.5) is 0 Å². The van der Waals surface area contributed by atoms with Gasteiger partial charge in [0, 0.05) is 26.2 Å². The number of hydrogen-bond donors (Lipinski definition) is 2. The van der Waals surface area contributed by atoms with Crippen molar-refractivity contribution >= 4 is 5.96 Å². The number of rotatable bonds is 6. The van der Waals surface area contributed by atoms with Gasteiger partial charge in [0.1, 0.15) is 0 Å². The number of likely N-dealkylation sites (N-methyl/N-ethyl adjacent to an activating group) is 1. The van der Waals surface area contributed by atoms with Crippen LogP contribution in [0.5, 0.6) is 0 Å². The number of guanidine groups is 1. The van der Waals surface area contributed by atoms with E-state index in [4.69, 9.17) is 10.6 Å². The highest BCUT2D eigenvalue weighted by Crippen LogP contribution is 1.90. The van der Waals surface area contributed by atoms with Crippen molar-refractivity contribution < 1.29 is 4.74 Å². The van der Waals surface area contributed by atoms with Crippen LogP contribution in [0, 0.1) is 0 Å². The number of nitrogens with two attached hydrogens (primary N) is 1. The summed E-state index contributed by atoms with van der Waals surface area (Å²) in [7, 11) is 0. The quantitative estimate of drug-likeness (QED) is 0.212. The molecule has 0 radical (unpaired) electrons. The van der Waals surface area contributed by atoms with Crippen molar-refractivity contribution in [3.8, 4) is 0 Å². The molecule has 0 bridgehead atoms. The highest BCUT2D eigenvalue weighted by atomic mass is 16.5. The number of nitrogens with zero attached hydrogens (tertiary/aromatic N) is 2. The molecule has 0 rings (SSSR count). The fourth-order valence-corrected chi connectivity index (χ4v) is 1.12. The third-order valence-corrected chi connectivity index (χ3v) is 1.83. The van der Waals surface area contributed by atoms with Gasteiger partial charge in [0.05, 0.1) is 6.61 Å². The highest BCUT2D eigenvalue weighted by Gasteiger charge is 2.06. The molecule has 0 atom stereocenters. The number of hydrogen-bond acceptors (Lipinski definition) is 3. The molecular weight excluding hydrogens is 180 g/mol. The van der Waals surface area contributed by atoms with Crippen molar-refractivity contribution in [2.24, 2.45) is 10.8 Å². The Hall–Kier alpha value is -0.810. The minimum atomic E-state index is 0.703. The third kappa shape index (κ3) is 5.04. The first-order valence-electron chi connectivity index (χ1n) is 5.13. The summed E-state index contributed by atoms with van der Waals surface area (Å²) in [5.74, 6) is 6.11. The fraction of sp³-hybridized carbons (Fsp3) is 0.889. The van der Waals surface area contributed by atoms with Crippen LogP contribution in [0.1, 0.15) is 20.8 Å². The Balaban J connectivity index is 4.01. The summed E-state index contributed by atoms with van der Waals surface area (Å²) in [4.78, 5) is 6.30. The van der Waals surface area contributed by atoms with Crippen LogP contribution in [-0.2, 0) is 4.74 Å². The summed E-state index contributed by atoms with van der Waals surface area (Å²) in [6, 6.07) is 0. The first kappa shape index (κ1) is 13.2. The van der Waals surface area contributed by atoms with Crippen LogP contribution in [0.3, 0.4) is 0 Å². The SMILES string of the molecule is CCN=C(NN)N(CC)CCOCC. The molecule has 84 valence electrons. The Morgan fingerprint density at radius 1 is 1.43 bits per heavy atom. The van der Waals surface area contributed by atoms with E-state index in [1.165, 1.54) is 0 Å². The van der Waals surface area contributed by atoms with E-state index >= 15 is 0 Å². The zero-order valence-electron chi connectivity index (χ0n) is 9.42. The van der Waals surface area contributed by atoms with Crippen molar-refractivity contribution in [3.05, 3.63) is 0 Å². The van der Waals surface area contributed by atoms with Crippen LogP contribution in [-0.4, -0.2) is 43.7 Å². The fourth-order valence-electron chi connectivity index (χ4n) is 1.12. The first-order valence-corrected chi connectivity index (χ1v) is 5.13. The molecule has 0 saturated heterocycles. The topological polar surface area (TPSA) is 62.9 Å². The maximum absolute atomic E-state index is 5.38. The van der Waals surface area contributed by atoms with Crippen LogP contribution >= 0.6 is 0 Å². The van der Waals surface area contributed by atoms with E-state index in [1.807, 2.05) is 13.8 Å². The van der Waals surface area contributed by atoms with Gasteiger partial charge in [-0.05, 0) is 20.8 Å². The van der Waals surface area contributed by atoms with Gasteiger partial charge in [0.2, 0.25) is 5.96 Å². The van der Waals surface area contributed by atoms with E-state index in [1.54, 1.807) is 0 Å². The number of hydrazine groups is 1. The molecule has 0 aliphatic heterocycles. The van der Waals surface area contributed by atoms with Crippen LogP contribution in [0.2, 0.25) is 0 Å². The average Bonchev–Trinajstić information content (AvgIpc) is 2.22. The zero-order valence-corrected chi connectivity index (χ0v) is 9.42. The summed E-state index contributed by atoms with van der Waals surface area (Å²) in [6.45, 7) is 9.89. The molecule has 0 heterocycles. The maximum Gasteiger partial charge on any atom is 0.208 e. The number of aliphatic imine (C=N–C) groups is 1. The molecule has 5 nitrogen and oxygen atoms in total. The largest absolute Gasteiger partial charge is 0.380 e. The Bertz CT molecular complexity index is 161. The summed E-state index contributed by atoms with van der Waals surface area (Å²) < 4.78 is 5.27. The van der Waals surface area contributed by atoms with Crippen molar-refractivity contribution in [2.75, 3.05) is 32.8 Å². The predicted octanol–water partition coefficient (Wildman–Crippen LogP) is 0.184. The molecular formula is C9H22N4O. The molecule has 3 N–H and O–H groups in total. The Morgan fingerprint density at radius 2 is 2.14 bits per heavy atom. The van der Waals surface area contributed by atoms with E-state index < -0.39 is 0 Å². The predicted molar refractivity (Wildman–Crippen MR) is 59.0 cm³/mol. The second-order valence-corrected chi connectivity index (χ2v) is 2.72. The van der Waals surface area contributed by atoms with Crippen molar-refractivity contribution in [3.63, 3.8) is 0 Å². The summed E-state index contributed by atoms with van der Waals surface area (Å²) in [5, 5.41) is 0. The molecule has 0 amide bonds. The van der Waals surface area contributed by atoms with Gasteiger partial charge in [-0.15, -0.1) is 0 Å². The lowest BCUT2D eigenvalue weighted by molar-refractivity contribution is 0.132. The zero-order chi connectivity index (χ0) is 10.8.